The van der Waals surface area contributed by atoms with Crippen molar-refractivity contribution in [2.24, 2.45) is 11.8 Å². The average Bonchev–Trinajstić information content (AvgIpc) is 2.59. The molecule has 1 aromatic carbocycles. The molecule has 0 aromatic heterocycles. The molecule has 1 fully saturated rings. The number of amides is 2. The van der Waals surface area contributed by atoms with Crippen LogP contribution >= 0.6 is 0 Å². The van der Waals surface area contributed by atoms with Gasteiger partial charge in [0.05, 0.1) is 0 Å². The molecule has 2 amide bonds. The van der Waals surface area contributed by atoms with Gasteiger partial charge in [0.15, 0.2) is 0 Å². The molecule has 26 heavy (non-hydrogen) atoms. The summed E-state index contributed by atoms with van der Waals surface area (Å²) < 4.78 is 0. The summed E-state index contributed by atoms with van der Waals surface area (Å²) in [6.07, 6.45) is 1.53. The number of aryl methyl sites for hydroxylation is 1. The maximum Gasteiger partial charge on any atom is 0.303 e. The number of nitrogens with zero attached hydrogens (tertiary/aromatic N) is 1. The van der Waals surface area contributed by atoms with Crippen LogP contribution in [0.4, 0.5) is 0 Å². The Kier molecular flexibility index (Phi) is 6.77. The number of rotatable bonds is 6. The number of benzene rings is 1. The van der Waals surface area contributed by atoms with E-state index in [4.69, 9.17) is 5.11 Å². The standard InChI is InChI=1S/C20H28N2O4/c1-13(2)18(21-19(25)16-6-4-14(3)5-7-16)20(26)22-10-8-15(9-11-22)12-17(23)24/h4-7,13,15,18H,8-12H2,1-3H3,(H,21,25)(H,23,24). The summed E-state index contributed by atoms with van der Waals surface area (Å²) in [6, 6.07) is 6.66. The molecular formula is C20H28N2O4. The van der Waals surface area contributed by atoms with Crippen LogP contribution in [0.5, 0.6) is 0 Å². The first kappa shape index (κ1) is 19.9. The molecule has 0 spiro atoms. The first-order valence-corrected chi connectivity index (χ1v) is 9.16. The molecule has 1 unspecified atom stereocenters. The van der Waals surface area contributed by atoms with Gasteiger partial charge in [-0.05, 0) is 43.7 Å². The number of carboxylic acid groups (broad SMARTS) is 1. The molecule has 0 radical (unpaired) electrons. The Hall–Kier alpha value is -2.37. The van der Waals surface area contributed by atoms with E-state index >= 15 is 0 Å². The predicted octanol–water partition coefficient (Wildman–Crippen LogP) is 2.46. The quantitative estimate of drug-likeness (QED) is 0.816. The van der Waals surface area contributed by atoms with Gasteiger partial charge >= 0.3 is 5.97 Å². The maximum atomic E-state index is 12.9. The lowest BCUT2D eigenvalue weighted by Gasteiger charge is -2.35. The zero-order valence-electron chi connectivity index (χ0n) is 15.7. The van der Waals surface area contributed by atoms with E-state index in [0.29, 0.717) is 31.5 Å². The van der Waals surface area contributed by atoms with Crippen molar-refractivity contribution in [3.63, 3.8) is 0 Å². The molecule has 1 aliphatic heterocycles. The SMILES string of the molecule is Cc1ccc(C(=O)NC(C(=O)N2CCC(CC(=O)O)CC2)C(C)C)cc1. The van der Waals surface area contributed by atoms with Crippen LogP contribution in [0.1, 0.15) is 49.0 Å². The van der Waals surface area contributed by atoms with Gasteiger partial charge in [-0.2, -0.15) is 0 Å². The first-order chi connectivity index (χ1) is 12.3. The second kappa shape index (κ2) is 8.83. The van der Waals surface area contributed by atoms with Gasteiger partial charge in [0.2, 0.25) is 5.91 Å². The van der Waals surface area contributed by atoms with Gasteiger partial charge in [0.25, 0.3) is 5.91 Å². The molecule has 0 saturated carbocycles. The highest BCUT2D eigenvalue weighted by Crippen LogP contribution is 2.22. The Morgan fingerprint density at radius 1 is 1.15 bits per heavy atom. The average molecular weight is 360 g/mol. The van der Waals surface area contributed by atoms with E-state index in [1.165, 1.54) is 0 Å². The minimum Gasteiger partial charge on any atom is -0.481 e. The van der Waals surface area contributed by atoms with Crippen molar-refractivity contribution >= 4 is 17.8 Å². The Morgan fingerprint density at radius 3 is 2.23 bits per heavy atom. The zero-order chi connectivity index (χ0) is 19.3. The van der Waals surface area contributed by atoms with Crippen molar-refractivity contribution in [2.45, 2.75) is 46.1 Å². The number of hydrogen-bond acceptors (Lipinski definition) is 3. The lowest BCUT2D eigenvalue weighted by atomic mass is 9.92. The largest absolute Gasteiger partial charge is 0.481 e. The van der Waals surface area contributed by atoms with Crippen LogP contribution in [0.15, 0.2) is 24.3 Å². The number of piperidine rings is 1. The number of nitrogens with one attached hydrogen (secondary N) is 1. The van der Waals surface area contributed by atoms with Gasteiger partial charge in [0, 0.05) is 25.1 Å². The van der Waals surface area contributed by atoms with Crippen molar-refractivity contribution in [1.82, 2.24) is 10.2 Å². The third kappa shape index (κ3) is 5.31. The second-order valence-electron chi connectivity index (χ2n) is 7.43. The Balaban J connectivity index is 1.98. The summed E-state index contributed by atoms with van der Waals surface area (Å²) in [5.74, 6) is -1.04. The van der Waals surface area contributed by atoms with E-state index in [-0.39, 0.29) is 30.1 Å². The molecule has 6 nitrogen and oxygen atoms in total. The number of carbonyl (C=O) groups excluding carboxylic acids is 2. The first-order valence-electron chi connectivity index (χ1n) is 9.16. The number of carboxylic acids is 1. The molecule has 1 aliphatic rings. The van der Waals surface area contributed by atoms with Crippen LogP contribution in [0.3, 0.4) is 0 Å². The molecule has 2 rings (SSSR count). The highest BCUT2D eigenvalue weighted by Gasteiger charge is 2.31. The molecule has 0 bridgehead atoms. The minimum absolute atomic E-state index is 0.0337. The van der Waals surface area contributed by atoms with Crippen LogP contribution in [-0.2, 0) is 9.59 Å². The summed E-state index contributed by atoms with van der Waals surface area (Å²) in [7, 11) is 0. The molecule has 1 heterocycles. The summed E-state index contributed by atoms with van der Waals surface area (Å²) in [5, 5.41) is 11.8. The summed E-state index contributed by atoms with van der Waals surface area (Å²) in [6.45, 7) is 6.86. The van der Waals surface area contributed by atoms with Gasteiger partial charge in [-0.15, -0.1) is 0 Å². The second-order valence-corrected chi connectivity index (χ2v) is 7.43. The molecule has 1 aromatic rings. The van der Waals surface area contributed by atoms with E-state index in [1.54, 1.807) is 17.0 Å². The smallest absolute Gasteiger partial charge is 0.303 e. The van der Waals surface area contributed by atoms with E-state index in [9.17, 15) is 14.4 Å². The number of carbonyl (C=O) groups is 3. The van der Waals surface area contributed by atoms with E-state index in [2.05, 4.69) is 5.32 Å². The Labute approximate surface area is 154 Å². The normalized spacial score (nSPS) is 16.4. The van der Waals surface area contributed by atoms with Gasteiger partial charge in [0.1, 0.15) is 6.04 Å². The van der Waals surface area contributed by atoms with E-state index in [1.807, 2.05) is 32.9 Å². The molecule has 142 valence electrons. The van der Waals surface area contributed by atoms with Crippen molar-refractivity contribution in [1.29, 1.82) is 0 Å². The van der Waals surface area contributed by atoms with E-state index < -0.39 is 12.0 Å². The lowest BCUT2D eigenvalue weighted by molar-refractivity contribution is -0.139. The molecule has 1 saturated heterocycles. The van der Waals surface area contributed by atoms with Gasteiger partial charge in [-0.3, -0.25) is 14.4 Å². The Bertz CT molecular complexity index is 646. The van der Waals surface area contributed by atoms with Crippen LogP contribution in [0, 0.1) is 18.8 Å². The van der Waals surface area contributed by atoms with Crippen LogP contribution in [0.25, 0.3) is 0 Å². The van der Waals surface area contributed by atoms with Crippen LogP contribution < -0.4 is 5.32 Å². The van der Waals surface area contributed by atoms with Crippen molar-refractivity contribution in [3.8, 4) is 0 Å². The molecule has 2 N–H and O–H groups in total. The third-order valence-electron chi connectivity index (χ3n) is 4.92. The number of likely N-dealkylation sites (tertiary alicyclic amines) is 1. The van der Waals surface area contributed by atoms with Crippen LogP contribution in [0.2, 0.25) is 0 Å². The third-order valence-corrected chi connectivity index (χ3v) is 4.92. The van der Waals surface area contributed by atoms with Gasteiger partial charge in [-0.25, -0.2) is 0 Å². The zero-order valence-corrected chi connectivity index (χ0v) is 15.7. The van der Waals surface area contributed by atoms with E-state index in [0.717, 1.165) is 5.56 Å². The topological polar surface area (TPSA) is 86.7 Å². The summed E-state index contributed by atoms with van der Waals surface area (Å²) in [5.41, 5.74) is 1.61. The molecule has 6 heteroatoms. The van der Waals surface area contributed by atoms with Crippen molar-refractivity contribution < 1.29 is 19.5 Å². The molecular weight excluding hydrogens is 332 g/mol. The highest BCUT2D eigenvalue weighted by atomic mass is 16.4. The van der Waals surface area contributed by atoms with Crippen molar-refractivity contribution in [3.05, 3.63) is 35.4 Å². The number of hydrogen-bond donors (Lipinski definition) is 2. The fraction of sp³-hybridized carbons (Fsp3) is 0.550. The summed E-state index contributed by atoms with van der Waals surface area (Å²) >= 11 is 0. The maximum absolute atomic E-state index is 12.9. The minimum atomic E-state index is -0.791. The Morgan fingerprint density at radius 2 is 1.73 bits per heavy atom. The molecule has 1 atom stereocenters. The lowest BCUT2D eigenvalue weighted by Crippen LogP contribution is -2.53. The number of aliphatic carboxylic acids is 1. The monoisotopic (exact) mass is 360 g/mol. The predicted molar refractivity (Wildman–Crippen MR) is 98.8 cm³/mol. The van der Waals surface area contributed by atoms with Gasteiger partial charge < -0.3 is 15.3 Å². The summed E-state index contributed by atoms with van der Waals surface area (Å²) in [4.78, 5) is 37.9. The highest BCUT2D eigenvalue weighted by molar-refractivity contribution is 5.97. The van der Waals surface area contributed by atoms with Gasteiger partial charge in [-0.1, -0.05) is 31.5 Å². The fourth-order valence-electron chi connectivity index (χ4n) is 3.24. The molecule has 0 aliphatic carbocycles. The fourth-order valence-corrected chi connectivity index (χ4v) is 3.24. The van der Waals surface area contributed by atoms with Crippen molar-refractivity contribution in [2.75, 3.05) is 13.1 Å². The van der Waals surface area contributed by atoms with Crippen LogP contribution in [-0.4, -0.2) is 46.9 Å².